The van der Waals surface area contributed by atoms with Crippen LogP contribution in [0.3, 0.4) is 0 Å². The summed E-state index contributed by atoms with van der Waals surface area (Å²) in [6, 6.07) is 15.6. The summed E-state index contributed by atoms with van der Waals surface area (Å²) < 4.78 is 10.9. The molecule has 2 aromatic carbocycles. The largest absolute Gasteiger partial charge is 0.367 e. The summed E-state index contributed by atoms with van der Waals surface area (Å²) in [6.45, 7) is 5.49. The van der Waals surface area contributed by atoms with Crippen molar-refractivity contribution in [1.82, 2.24) is 15.0 Å². The number of nitro benzene ring substituents is 1. The maximum Gasteiger partial charge on any atom is 0.269 e. The van der Waals surface area contributed by atoms with E-state index in [1.165, 1.54) is 12.1 Å². The van der Waals surface area contributed by atoms with E-state index < -0.39 is 4.92 Å². The number of carbonyl (C=O) groups is 1. The van der Waals surface area contributed by atoms with Crippen molar-refractivity contribution in [2.45, 2.75) is 26.9 Å². The zero-order valence-electron chi connectivity index (χ0n) is 18.1. The van der Waals surface area contributed by atoms with Gasteiger partial charge in [0.25, 0.3) is 5.69 Å². The lowest BCUT2D eigenvalue weighted by atomic mass is 10.2. The first kappa shape index (κ1) is 23.1. The van der Waals surface area contributed by atoms with Gasteiger partial charge in [-0.05, 0) is 23.6 Å². The molecule has 0 atom stereocenters. The van der Waals surface area contributed by atoms with Crippen LogP contribution in [0.5, 0.6) is 0 Å². The van der Waals surface area contributed by atoms with Crippen molar-refractivity contribution < 1.29 is 19.0 Å². The second-order valence-electron chi connectivity index (χ2n) is 7.78. The van der Waals surface area contributed by atoms with Crippen molar-refractivity contribution in [3.05, 3.63) is 76.2 Å². The van der Waals surface area contributed by atoms with Crippen LogP contribution in [0.15, 0.2) is 59.1 Å². The Hall–Kier alpha value is -3.59. The first-order chi connectivity index (χ1) is 15.4. The van der Waals surface area contributed by atoms with Crippen LogP contribution in [-0.4, -0.2) is 45.6 Å². The molecule has 168 valence electrons. The molecule has 9 nitrogen and oxygen atoms in total. The van der Waals surface area contributed by atoms with E-state index in [0.29, 0.717) is 49.3 Å². The molecule has 0 N–H and O–H groups in total. The lowest BCUT2D eigenvalue weighted by Gasteiger charge is -2.24. The normalized spacial score (nSPS) is 11.0. The maximum atomic E-state index is 12.7. The number of ether oxygens (including phenoxy) is 1. The van der Waals surface area contributed by atoms with Gasteiger partial charge in [-0.3, -0.25) is 14.9 Å². The topological polar surface area (TPSA) is 112 Å². The van der Waals surface area contributed by atoms with Crippen molar-refractivity contribution in [1.29, 1.82) is 0 Å². The zero-order chi connectivity index (χ0) is 22.9. The Morgan fingerprint density at radius 2 is 1.88 bits per heavy atom. The van der Waals surface area contributed by atoms with Crippen LogP contribution < -0.4 is 0 Å². The van der Waals surface area contributed by atoms with Gasteiger partial charge in [-0.2, -0.15) is 4.98 Å². The molecule has 0 saturated heterocycles. The molecule has 1 heterocycles. The number of aromatic nitrogens is 2. The highest BCUT2D eigenvalue weighted by Crippen LogP contribution is 2.20. The van der Waals surface area contributed by atoms with Gasteiger partial charge in [0.05, 0.1) is 11.5 Å². The van der Waals surface area contributed by atoms with Crippen LogP contribution in [0.1, 0.15) is 25.3 Å². The van der Waals surface area contributed by atoms with Gasteiger partial charge in [0.15, 0.2) is 0 Å². The first-order valence-electron chi connectivity index (χ1n) is 10.4. The Balaban J connectivity index is 1.55. The van der Waals surface area contributed by atoms with E-state index >= 15 is 0 Å². The number of carbonyl (C=O) groups excluding carboxylic acids is 1. The van der Waals surface area contributed by atoms with Gasteiger partial charge < -0.3 is 14.2 Å². The predicted octanol–water partition coefficient (Wildman–Crippen LogP) is 3.89. The van der Waals surface area contributed by atoms with Crippen molar-refractivity contribution in [2.75, 3.05) is 19.7 Å². The monoisotopic (exact) mass is 438 g/mol. The fraction of sp³-hybridized carbons (Fsp3) is 0.348. The molecule has 32 heavy (non-hydrogen) atoms. The average Bonchev–Trinajstić information content (AvgIpc) is 3.26. The van der Waals surface area contributed by atoms with E-state index in [2.05, 4.69) is 10.1 Å². The molecule has 0 aliphatic heterocycles. The average molecular weight is 438 g/mol. The lowest BCUT2D eigenvalue weighted by molar-refractivity contribution is -0.384. The zero-order valence-corrected chi connectivity index (χ0v) is 18.1. The van der Waals surface area contributed by atoms with E-state index in [1.54, 1.807) is 17.0 Å². The summed E-state index contributed by atoms with van der Waals surface area (Å²) in [5, 5.41) is 14.7. The van der Waals surface area contributed by atoms with Crippen molar-refractivity contribution >= 4 is 11.6 Å². The number of hydrogen-bond donors (Lipinski definition) is 0. The summed E-state index contributed by atoms with van der Waals surface area (Å²) in [7, 11) is 0. The lowest BCUT2D eigenvalue weighted by Crippen LogP contribution is -2.38. The number of hydrogen-bond acceptors (Lipinski definition) is 7. The standard InChI is InChI=1S/C23H26N4O5/c1-17(2)14-26(22(28)16-31-15-18-6-4-3-5-7-18)13-12-21-24-23(25-32-21)19-8-10-20(11-9-19)27(29)30/h3-11,17H,12-16H2,1-2H3. The van der Waals surface area contributed by atoms with Crippen LogP contribution in [-0.2, 0) is 22.6 Å². The maximum absolute atomic E-state index is 12.7. The molecule has 1 aromatic heterocycles. The molecule has 3 aromatic rings. The fourth-order valence-corrected chi connectivity index (χ4v) is 3.12. The minimum Gasteiger partial charge on any atom is -0.367 e. The second-order valence-corrected chi connectivity index (χ2v) is 7.78. The van der Waals surface area contributed by atoms with E-state index in [-0.39, 0.29) is 18.2 Å². The molecule has 3 rings (SSSR count). The molecule has 0 unspecified atom stereocenters. The van der Waals surface area contributed by atoms with Gasteiger partial charge in [-0.25, -0.2) is 0 Å². The van der Waals surface area contributed by atoms with Crippen LogP contribution in [0, 0.1) is 16.0 Å². The smallest absolute Gasteiger partial charge is 0.269 e. The van der Waals surface area contributed by atoms with Crippen LogP contribution >= 0.6 is 0 Å². The van der Waals surface area contributed by atoms with Crippen LogP contribution in [0.25, 0.3) is 11.4 Å². The van der Waals surface area contributed by atoms with Crippen molar-refractivity contribution in [3.8, 4) is 11.4 Å². The highest BCUT2D eigenvalue weighted by molar-refractivity contribution is 5.77. The summed E-state index contributed by atoms with van der Waals surface area (Å²) in [5.74, 6) is 0.948. The molecule has 0 aliphatic rings. The molecular formula is C23H26N4O5. The van der Waals surface area contributed by atoms with Crippen molar-refractivity contribution in [2.24, 2.45) is 5.92 Å². The number of nitrogens with zero attached hydrogens (tertiary/aromatic N) is 4. The van der Waals surface area contributed by atoms with Crippen LogP contribution in [0.2, 0.25) is 0 Å². The number of benzene rings is 2. The highest BCUT2D eigenvalue weighted by atomic mass is 16.6. The Morgan fingerprint density at radius 3 is 2.53 bits per heavy atom. The first-order valence-corrected chi connectivity index (χ1v) is 10.4. The molecule has 0 saturated carbocycles. The van der Waals surface area contributed by atoms with Gasteiger partial charge in [-0.1, -0.05) is 49.3 Å². The highest BCUT2D eigenvalue weighted by Gasteiger charge is 2.17. The summed E-state index contributed by atoms with van der Waals surface area (Å²) in [4.78, 5) is 29.1. The molecule has 0 aliphatic carbocycles. The number of amides is 1. The third-order valence-corrected chi connectivity index (χ3v) is 4.68. The fourth-order valence-electron chi connectivity index (χ4n) is 3.12. The van der Waals surface area contributed by atoms with Gasteiger partial charge in [0.2, 0.25) is 17.6 Å². The molecule has 9 heteroatoms. The number of rotatable bonds is 11. The quantitative estimate of drug-likeness (QED) is 0.330. The Bertz CT molecular complexity index is 1020. The summed E-state index contributed by atoms with van der Waals surface area (Å²) in [6.07, 6.45) is 0.400. The molecular weight excluding hydrogens is 412 g/mol. The minimum absolute atomic E-state index is 0.000503. The molecule has 0 fully saturated rings. The van der Waals surface area contributed by atoms with Gasteiger partial charge >= 0.3 is 0 Å². The Kier molecular flexibility index (Phi) is 8.04. The third-order valence-electron chi connectivity index (χ3n) is 4.68. The number of nitro groups is 1. The van der Waals surface area contributed by atoms with E-state index in [1.807, 2.05) is 44.2 Å². The van der Waals surface area contributed by atoms with Gasteiger partial charge in [0, 0.05) is 37.2 Å². The van der Waals surface area contributed by atoms with E-state index in [0.717, 1.165) is 5.56 Å². The SMILES string of the molecule is CC(C)CN(CCc1nc(-c2ccc([N+](=O)[O-])cc2)no1)C(=O)COCc1ccccc1. The molecule has 0 spiro atoms. The molecule has 0 radical (unpaired) electrons. The van der Waals surface area contributed by atoms with Gasteiger partial charge in [-0.15, -0.1) is 0 Å². The molecule has 0 bridgehead atoms. The van der Waals surface area contributed by atoms with Gasteiger partial charge in [0.1, 0.15) is 6.61 Å². The minimum atomic E-state index is -0.463. The molecule has 1 amide bonds. The Morgan fingerprint density at radius 1 is 1.16 bits per heavy atom. The second kappa shape index (κ2) is 11.1. The van der Waals surface area contributed by atoms with Crippen molar-refractivity contribution in [3.63, 3.8) is 0 Å². The predicted molar refractivity (Wildman–Crippen MR) is 118 cm³/mol. The third kappa shape index (κ3) is 6.71. The van der Waals surface area contributed by atoms with E-state index in [4.69, 9.17) is 9.26 Å². The Labute approximate surface area is 186 Å². The number of non-ortho nitro benzene ring substituents is 1. The van der Waals surface area contributed by atoms with Crippen LogP contribution in [0.4, 0.5) is 5.69 Å². The summed E-state index contributed by atoms with van der Waals surface area (Å²) in [5.41, 5.74) is 1.63. The van der Waals surface area contributed by atoms with E-state index in [9.17, 15) is 14.9 Å². The summed E-state index contributed by atoms with van der Waals surface area (Å²) >= 11 is 0.